The molecule has 7 heteroatoms. The maximum atomic E-state index is 14.4. The Hall–Kier alpha value is -0.990. The van der Waals surface area contributed by atoms with Crippen LogP contribution in [-0.4, -0.2) is 53.5 Å². The molecule has 2 heterocycles. The molecule has 0 aromatic heterocycles. The summed E-state index contributed by atoms with van der Waals surface area (Å²) in [6.45, 7) is 9.23. The van der Waals surface area contributed by atoms with Gasteiger partial charge in [-0.15, -0.1) is 0 Å². The molecular formula is C28H41NO5S. The summed E-state index contributed by atoms with van der Waals surface area (Å²) in [5.74, 6) is 0.554. The van der Waals surface area contributed by atoms with Crippen LogP contribution in [0.25, 0.3) is 0 Å². The number of aryl methyl sites for hydroxylation is 1. The third kappa shape index (κ3) is 2.93. The second kappa shape index (κ2) is 7.76. The van der Waals surface area contributed by atoms with E-state index in [0.717, 1.165) is 44.1 Å². The number of sulfonamides is 1. The first-order chi connectivity index (χ1) is 16.5. The summed E-state index contributed by atoms with van der Waals surface area (Å²) in [6.07, 6.45) is 4.23. The Morgan fingerprint density at radius 2 is 1.83 bits per heavy atom. The van der Waals surface area contributed by atoms with Crippen molar-refractivity contribution < 1.29 is 23.4 Å². The van der Waals surface area contributed by atoms with E-state index in [1.54, 1.807) is 12.1 Å². The van der Waals surface area contributed by atoms with E-state index in [4.69, 9.17) is 4.74 Å². The van der Waals surface area contributed by atoms with E-state index in [-0.39, 0.29) is 29.2 Å². The Bertz CT molecular complexity index is 1100. The minimum absolute atomic E-state index is 0.0517. The zero-order valence-corrected chi connectivity index (χ0v) is 22.3. The molecule has 2 aliphatic heterocycles. The highest BCUT2D eigenvalue weighted by Crippen LogP contribution is 2.77. The van der Waals surface area contributed by atoms with Crippen molar-refractivity contribution in [2.75, 3.05) is 6.54 Å². The summed E-state index contributed by atoms with van der Waals surface area (Å²) in [5.41, 5.74) is -0.298. The highest BCUT2D eigenvalue weighted by molar-refractivity contribution is 7.89. The van der Waals surface area contributed by atoms with Crippen molar-refractivity contribution in [3.8, 4) is 0 Å². The molecule has 2 N–H and O–H groups in total. The van der Waals surface area contributed by atoms with Crippen molar-refractivity contribution in [3.63, 3.8) is 0 Å². The molecule has 0 amide bonds. The molecular weight excluding hydrogens is 462 g/mol. The van der Waals surface area contributed by atoms with E-state index in [0.29, 0.717) is 23.8 Å². The minimum Gasteiger partial charge on any atom is -0.393 e. The van der Waals surface area contributed by atoms with Gasteiger partial charge in [-0.3, -0.25) is 0 Å². The fourth-order valence-electron chi connectivity index (χ4n) is 9.79. The van der Waals surface area contributed by atoms with Crippen molar-refractivity contribution in [2.45, 2.75) is 102 Å². The van der Waals surface area contributed by atoms with Gasteiger partial charge in [0, 0.05) is 30.3 Å². The van der Waals surface area contributed by atoms with Crippen LogP contribution in [0.3, 0.4) is 0 Å². The average Bonchev–Trinajstić information content (AvgIpc) is 3.06. The predicted molar refractivity (Wildman–Crippen MR) is 133 cm³/mol. The first kappa shape index (κ1) is 24.4. The number of rotatable bonds is 3. The number of benzene rings is 1. The molecule has 6 rings (SSSR count). The summed E-state index contributed by atoms with van der Waals surface area (Å²) in [7, 11) is -3.75. The molecule has 194 valence electrons. The molecule has 1 aromatic rings. The highest BCUT2D eigenvalue weighted by Gasteiger charge is 2.81. The van der Waals surface area contributed by atoms with Crippen molar-refractivity contribution in [1.29, 1.82) is 0 Å². The number of piperidine rings is 1. The molecule has 2 saturated heterocycles. The minimum atomic E-state index is -3.75. The van der Waals surface area contributed by atoms with Crippen molar-refractivity contribution in [1.82, 2.24) is 4.31 Å². The average molecular weight is 504 g/mol. The number of aliphatic hydroxyl groups excluding tert-OH is 2. The van der Waals surface area contributed by atoms with E-state index in [1.807, 2.05) is 23.4 Å². The van der Waals surface area contributed by atoms with Crippen LogP contribution in [0.2, 0.25) is 0 Å². The topological polar surface area (TPSA) is 87.1 Å². The molecule has 3 aliphatic carbocycles. The SMILES string of the molecule is Cc1ccc(S(=O)(=O)N2C[C@H]3C[C@H]4[C@H](O)CCC[C@]45O[C@@H](O)C[C@@]54[C@@H]2[C@@H](C(C)C)CC[C@@]34C)cc1. The third-order valence-electron chi connectivity index (χ3n) is 11.3. The summed E-state index contributed by atoms with van der Waals surface area (Å²) in [6, 6.07) is 6.97. The maximum Gasteiger partial charge on any atom is 0.243 e. The molecule has 35 heavy (non-hydrogen) atoms. The van der Waals surface area contributed by atoms with Crippen LogP contribution >= 0.6 is 0 Å². The van der Waals surface area contributed by atoms with Gasteiger partial charge in [-0.2, -0.15) is 4.31 Å². The molecule has 9 atom stereocenters. The van der Waals surface area contributed by atoms with Gasteiger partial charge in [0.25, 0.3) is 0 Å². The van der Waals surface area contributed by atoms with E-state index in [2.05, 4.69) is 20.8 Å². The van der Waals surface area contributed by atoms with Crippen LogP contribution in [0, 0.1) is 41.4 Å². The Balaban J connectivity index is 1.59. The van der Waals surface area contributed by atoms with Crippen LogP contribution in [-0.2, 0) is 14.8 Å². The molecule has 2 spiro atoms. The lowest BCUT2D eigenvalue weighted by molar-refractivity contribution is -0.309. The lowest BCUT2D eigenvalue weighted by Gasteiger charge is -2.75. The summed E-state index contributed by atoms with van der Waals surface area (Å²) in [5, 5.41) is 22.4. The Kier molecular flexibility index (Phi) is 5.40. The van der Waals surface area contributed by atoms with Gasteiger partial charge < -0.3 is 14.9 Å². The van der Waals surface area contributed by atoms with E-state index in [1.165, 1.54) is 0 Å². The lowest BCUT2D eigenvalue weighted by Crippen LogP contribution is -2.80. The van der Waals surface area contributed by atoms with Gasteiger partial charge in [0.1, 0.15) is 0 Å². The smallest absolute Gasteiger partial charge is 0.243 e. The maximum absolute atomic E-state index is 14.4. The summed E-state index contributed by atoms with van der Waals surface area (Å²) >= 11 is 0. The fraction of sp³-hybridized carbons (Fsp3) is 0.786. The molecule has 1 aromatic carbocycles. The van der Waals surface area contributed by atoms with Gasteiger partial charge in [0.05, 0.1) is 16.6 Å². The number of hydrogen-bond acceptors (Lipinski definition) is 5. The fourth-order valence-corrected chi connectivity index (χ4v) is 11.5. The molecule has 5 aliphatic rings. The van der Waals surface area contributed by atoms with Crippen molar-refractivity contribution in [3.05, 3.63) is 29.8 Å². The van der Waals surface area contributed by atoms with Crippen LogP contribution in [0.15, 0.2) is 29.2 Å². The Morgan fingerprint density at radius 1 is 1.11 bits per heavy atom. The van der Waals surface area contributed by atoms with Crippen molar-refractivity contribution >= 4 is 10.0 Å². The number of ether oxygens (including phenoxy) is 1. The van der Waals surface area contributed by atoms with Crippen LogP contribution in [0.5, 0.6) is 0 Å². The van der Waals surface area contributed by atoms with Gasteiger partial charge >= 0.3 is 0 Å². The number of aliphatic hydroxyl groups is 2. The summed E-state index contributed by atoms with van der Waals surface area (Å²) < 4.78 is 37.2. The Labute approximate surface area is 210 Å². The Morgan fingerprint density at radius 3 is 2.51 bits per heavy atom. The molecule has 0 unspecified atom stereocenters. The summed E-state index contributed by atoms with van der Waals surface area (Å²) in [4.78, 5) is 0.350. The van der Waals surface area contributed by atoms with Crippen molar-refractivity contribution in [2.24, 2.45) is 34.5 Å². The first-order valence-corrected chi connectivity index (χ1v) is 15.0. The zero-order chi connectivity index (χ0) is 25.0. The number of hydrogen-bond donors (Lipinski definition) is 2. The normalized spacial score (nSPS) is 47.4. The van der Waals surface area contributed by atoms with Gasteiger partial charge in [-0.1, -0.05) is 38.5 Å². The predicted octanol–water partition coefficient (Wildman–Crippen LogP) is 4.09. The van der Waals surface area contributed by atoms with Gasteiger partial charge in [0.2, 0.25) is 10.0 Å². The highest BCUT2D eigenvalue weighted by atomic mass is 32.2. The second-order valence-electron chi connectivity index (χ2n) is 12.8. The van der Waals surface area contributed by atoms with Crippen LogP contribution < -0.4 is 0 Å². The monoisotopic (exact) mass is 503 g/mol. The molecule has 4 bridgehead atoms. The zero-order valence-electron chi connectivity index (χ0n) is 21.5. The quantitative estimate of drug-likeness (QED) is 0.649. The second-order valence-corrected chi connectivity index (χ2v) is 14.7. The number of nitrogens with zero attached hydrogens (tertiary/aromatic N) is 1. The van der Waals surface area contributed by atoms with Crippen LogP contribution in [0.4, 0.5) is 0 Å². The van der Waals surface area contributed by atoms with E-state index >= 15 is 0 Å². The first-order valence-electron chi connectivity index (χ1n) is 13.6. The lowest BCUT2D eigenvalue weighted by atomic mass is 9.34. The third-order valence-corrected chi connectivity index (χ3v) is 13.1. The standard InChI is InChI=1S/C28H41NO5S/c1-17(2)21-11-13-26(4)19-14-22-23(30)6-5-12-28(22)27(26,15-24(31)34-28)25(21)29(16-19)35(32,33)20-9-7-18(3)8-10-20/h7-10,17,19,21-25,30-31H,5-6,11-16H2,1-4H3/t19-,21-,22+,23-,24-,25+,26+,27+,28+/m1/s1. The van der Waals surface area contributed by atoms with Crippen LogP contribution in [0.1, 0.15) is 71.3 Å². The van der Waals surface area contributed by atoms with Gasteiger partial charge in [-0.05, 0) is 80.8 Å². The van der Waals surface area contributed by atoms with Gasteiger partial charge in [0.15, 0.2) is 6.29 Å². The largest absolute Gasteiger partial charge is 0.393 e. The van der Waals surface area contributed by atoms with Gasteiger partial charge in [-0.25, -0.2) is 8.42 Å². The molecule has 6 nitrogen and oxygen atoms in total. The molecule has 3 saturated carbocycles. The molecule has 5 fully saturated rings. The van der Waals surface area contributed by atoms with E-state index < -0.39 is 33.4 Å². The molecule has 0 radical (unpaired) electrons. The van der Waals surface area contributed by atoms with E-state index in [9.17, 15) is 18.6 Å².